The molecule has 0 bridgehead atoms. The van der Waals surface area contributed by atoms with Crippen molar-refractivity contribution in [3.63, 3.8) is 0 Å². The molecular formula is C39H33BiN12S3. The first-order valence-electron chi connectivity index (χ1n) is 16.7. The fourth-order valence-corrected chi connectivity index (χ4v) is 27.3. The Morgan fingerprint density at radius 2 is 0.564 bits per heavy atom. The molecular weight excluding hydrogens is 942 g/mol. The molecule has 6 rings (SSSR count). The van der Waals surface area contributed by atoms with E-state index in [4.69, 9.17) is 15.3 Å². The zero-order valence-electron chi connectivity index (χ0n) is 29.0. The van der Waals surface area contributed by atoms with Crippen molar-refractivity contribution >= 4 is 92.5 Å². The van der Waals surface area contributed by atoms with E-state index in [-0.39, 0.29) is 0 Å². The van der Waals surface area contributed by atoms with Crippen LogP contribution in [0, 0.1) is 0 Å². The number of hydrazone groups is 3. The van der Waals surface area contributed by atoms with E-state index >= 15 is 0 Å². The Morgan fingerprint density at radius 3 is 0.818 bits per heavy atom. The van der Waals surface area contributed by atoms with Gasteiger partial charge in [-0.15, -0.1) is 0 Å². The third-order valence-corrected chi connectivity index (χ3v) is 30.8. The molecule has 0 saturated carbocycles. The van der Waals surface area contributed by atoms with Crippen molar-refractivity contribution in [3.8, 4) is 0 Å². The molecule has 0 spiro atoms. The van der Waals surface area contributed by atoms with Gasteiger partial charge in [-0.05, 0) is 0 Å². The van der Waals surface area contributed by atoms with E-state index in [2.05, 4.69) is 47.0 Å². The number of rotatable bonds is 12. The van der Waals surface area contributed by atoms with Gasteiger partial charge in [0.15, 0.2) is 0 Å². The topological polar surface area (TPSA) is 147 Å². The summed E-state index contributed by atoms with van der Waals surface area (Å²) in [5.74, 6) is 0. The Bertz CT molecular complexity index is 1960. The Labute approximate surface area is 334 Å². The number of nitrogens with one attached hydrogen (secondary N) is 3. The molecule has 3 N–H and O–H groups in total. The second-order valence-corrected chi connectivity index (χ2v) is 36.2. The molecule has 55 heavy (non-hydrogen) atoms. The molecule has 0 unspecified atom stereocenters. The van der Waals surface area contributed by atoms with Gasteiger partial charge in [0.2, 0.25) is 0 Å². The molecule has 0 fully saturated rings. The average molecular weight is 975 g/mol. The third-order valence-electron chi connectivity index (χ3n) is 6.65. The van der Waals surface area contributed by atoms with Crippen molar-refractivity contribution in [2.24, 2.45) is 46.0 Å². The SMILES string of the molecule is c1ccc(N=NC(=NNc2ccccc2)[S][Bi]([S]C(N=Nc2ccccc2)=NNc2ccccc2)[S]C(N=Nc2ccccc2)=NNc2ccccc2)cc1. The number of benzene rings is 6. The van der Waals surface area contributed by atoms with Gasteiger partial charge in [-0.25, -0.2) is 0 Å². The molecule has 0 atom stereocenters. The minimum absolute atomic E-state index is 0.413. The quantitative estimate of drug-likeness (QED) is 0.0366. The van der Waals surface area contributed by atoms with Gasteiger partial charge in [0.25, 0.3) is 0 Å². The standard InChI is InChI=1S/3C13H12N4S.Bi/c3*18-13(16-14-11-7-3-1-4-8-11)17-15-12-9-5-2-6-10-12;/h3*1-10,14H,(H,16,18);/q;;;+3/p-3. The van der Waals surface area contributed by atoms with Gasteiger partial charge in [-0.3, -0.25) is 0 Å². The summed E-state index contributed by atoms with van der Waals surface area (Å²) < 4.78 is 0. The minimum atomic E-state index is -3.26. The van der Waals surface area contributed by atoms with Crippen LogP contribution in [0.2, 0.25) is 0 Å². The van der Waals surface area contributed by atoms with Crippen LogP contribution in [0.15, 0.2) is 228 Å². The Morgan fingerprint density at radius 1 is 0.327 bits per heavy atom. The Hall–Kier alpha value is -5.54. The van der Waals surface area contributed by atoms with Crippen LogP contribution in [0.25, 0.3) is 0 Å². The summed E-state index contributed by atoms with van der Waals surface area (Å²) in [4.78, 5) is 0. The van der Waals surface area contributed by atoms with E-state index in [1.165, 1.54) is 25.6 Å². The molecule has 0 aliphatic carbocycles. The zero-order chi connectivity index (χ0) is 37.6. The van der Waals surface area contributed by atoms with E-state index in [9.17, 15) is 0 Å². The van der Waals surface area contributed by atoms with Crippen molar-refractivity contribution < 1.29 is 0 Å². The predicted octanol–water partition coefficient (Wildman–Crippen LogP) is 12.7. The van der Waals surface area contributed by atoms with Crippen LogP contribution < -0.4 is 16.3 Å². The van der Waals surface area contributed by atoms with Crippen molar-refractivity contribution in [2.45, 2.75) is 0 Å². The van der Waals surface area contributed by atoms with E-state index in [0.717, 1.165) is 17.1 Å². The van der Waals surface area contributed by atoms with Gasteiger partial charge < -0.3 is 0 Å². The van der Waals surface area contributed by atoms with Crippen molar-refractivity contribution in [2.75, 3.05) is 16.3 Å². The Kier molecular flexibility index (Phi) is 16.1. The number of amidine groups is 3. The first kappa shape index (κ1) is 39.2. The van der Waals surface area contributed by atoms with Crippen LogP contribution in [-0.4, -0.2) is 32.9 Å². The molecule has 0 aliphatic rings. The fraction of sp³-hybridized carbons (Fsp3) is 0. The number of para-hydroxylation sites is 3. The molecule has 272 valence electrons. The summed E-state index contributed by atoms with van der Waals surface area (Å²) in [6.07, 6.45) is 0. The first-order chi connectivity index (χ1) is 27.2. The summed E-state index contributed by atoms with van der Waals surface area (Å²) in [5.41, 5.74) is 13.9. The van der Waals surface area contributed by atoms with Crippen LogP contribution in [0.5, 0.6) is 0 Å². The molecule has 16 heteroatoms. The molecule has 12 nitrogen and oxygen atoms in total. The van der Waals surface area contributed by atoms with Crippen molar-refractivity contribution in [3.05, 3.63) is 182 Å². The van der Waals surface area contributed by atoms with Gasteiger partial charge in [-0.2, -0.15) is 0 Å². The maximum absolute atomic E-state index is 4.71. The maximum atomic E-state index is 4.71. The predicted molar refractivity (Wildman–Crippen MR) is 234 cm³/mol. The normalized spacial score (nSPS) is 12.5. The molecule has 0 aliphatic heterocycles. The Balaban J connectivity index is 1.37. The van der Waals surface area contributed by atoms with Crippen LogP contribution in [0.1, 0.15) is 0 Å². The first-order valence-corrected chi connectivity index (χ1v) is 31.8. The van der Waals surface area contributed by atoms with Crippen LogP contribution in [-0.2, 0) is 0 Å². The van der Waals surface area contributed by atoms with Gasteiger partial charge in [0.1, 0.15) is 0 Å². The number of azo groups is 3. The number of anilines is 3. The molecule has 6 aromatic rings. The van der Waals surface area contributed by atoms with Gasteiger partial charge in [-0.1, -0.05) is 0 Å². The monoisotopic (exact) mass is 974 g/mol. The van der Waals surface area contributed by atoms with E-state index in [1.807, 2.05) is 182 Å². The van der Waals surface area contributed by atoms with Gasteiger partial charge >= 0.3 is 337 Å². The zero-order valence-corrected chi connectivity index (χ0v) is 34.9. The number of hydrogen-bond acceptors (Lipinski definition) is 12. The molecule has 0 saturated heterocycles. The molecule has 0 radical (unpaired) electrons. The second kappa shape index (κ2) is 22.6. The van der Waals surface area contributed by atoms with E-state index in [0.29, 0.717) is 32.6 Å². The summed E-state index contributed by atoms with van der Waals surface area (Å²) >= 11 is -3.26. The summed E-state index contributed by atoms with van der Waals surface area (Å²) in [5, 5.41) is 42.8. The van der Waals surface area contributed by atoms with Crippen molar-refractivity contribution in [1.82, 2.24) is 0 Å². The van der Waals surface area contributed by atoms with Gasteiger partial charge in [0.05, 0.1) is 0 Å². The van der Waals surface area contributed by atoms with E-state index in [1.54, 1.807) is 0 Å². The third kappa shape index (κ3) is 14.7. The summed E-state index contributed by atoms with van der Waals surface area (Å²) in [7, 11) is 4.52. The number of hydrogen-bond donors (Lipinski definition) is 3. The molecule has 6 aromatic carbocycles. The second-order valence-electron chi connectivity index (χ2n) is 10.7. The average Bonchev–Trinajstić information content (AvgIpc) is 3.25. The summed E-state index contributed by atoms with van der Waals surface area (Å²) in [6.45, 7) is 0. The van der Waals surface area contributed by atoms with Crippen LogP contribution in [0.4, 0.5) is 34.1 Å². The molecule has 0 amide bonds. The van der Waals surface area contributed by atoms with Crippen molar-refractivity contribution in [1.29, 1.82) is 0 Å². The number of nitrogens with zero attached hydrogens (tertiary/aromatic N) is 9. The molecule has 0 aromatic heterocycles. The fourth-order valence-electron chi connectivity index (χ4n) is 4.10. The van der Waals surface area contributed by atoms with Gasteiger partial charge in [0, 0.05) is 0 Å². The molecule has 0 heterocycles. The van der Waals surface area contributed by atoms with Crippen LogP contribution >= 0.6 is 25.6 Å². The summed E-state index contributed by atoms with van der Waals surface area (Å²) in [6, 6.07) is 57.6. The van der Waals surface area contributed by atoms with E-state index < -0.39 is 17.4 Å². The van der Waals surface area contributed by atoms with Crippen LogP contribution in [0.3, 0.4) is 0 Å².